The zero-order valence-corrected chi connectivity index (χ0v) is 20.1. The molecule has 0 radical (unpaired) electrons. The molecule has 0 spiro atoms. The smallest absolute Gasteiger partial charge is 0.257 e. The zero-order valence-electron chi connectivity index (χ0n) is 20.1. The minimum atomic E-state index is 0.0862. The van der Waals surface area contributed by atoms with Crippen LogP contribution in [0.4, 0.5) is 11.6 Å². The second kappa shape index (κ2) is 6.95. The maximum atomic E-state index is 6.72. The second-order valence-electron chi connectivity index (χ2n) is 10.0. The number of hydrogen-bond acceptors (Lipinski definition) is 2. The van der Waals surface area contributed by atoms with E-state index >= 15 is 0 Å². The fraction of sp³-hybridized carbons (Fsp3) is 0.0303. The van der Waals surface area contributed by atoms with E-state index in [1.165, 1.54) is 55.0 Å². The third-order valence-corrected chi connectivity index (χ3v) is 8.20. The molecule has 0 saturated heterocycles. The quantitative estimate of drug-likeness (QED) is 0.243. The molecule has 37 heavy (non-hydrogen) atoms. The first-order chi connectivity index (χ1) is 18.4. The van der Waals surface area contributed by atoms with Crippen molar-refractivity contribution in [3.05, 3.63) is 126 Å². The van der Waals surface area contributed by atoms with Crippen LogP contribution in [-0.4, -0.2) is 11.3 Å². The highest BCUT2D eigenvalue weighted by atomic mass is 16.4. The SMILES string of the molecule is C1=CC2=C3B(c4c(oc5ccccc45)N(c4ccccc4)C3=CC1)c1cccc3c4ccccc4n2c13. The summed E-state index contributed by atoms with van der Waals surface area (Å²) in [6.45, 7) is 0.0862. The topological polar surface area (TPSA) is 21.3 Å². The van der Waals surface area contributed by atoms with Crippen LogP contribution < -0.4 is 15.8 Å². The second-order valence-corrected chi connectivity index (χ2v) is 10.0. The molecule has 4 aromatic carbocycles. The summed E-state index contributed by atoms with van der Waals surface area (Å²) in [6, 6.07) is 34.8. The van der Waals surface area contributed by atoms with E-state index in [2.05, 4.69) is 125 Å². The Morgan fingerprint density at radius 3 is 2.43 bits per heavy atom. The van der Waals surface area contributed by atoms with Crippen molar-refractivity contribution in [3.63, 3.8) is 0 Å². The summed E-state index contributed by atoms with van der Waals surface area (Å²) in [4.78, 5) is 2.34. The molecule has 0 fully saturated rings. The van der Waals surface area contributed by atoms with Crippen LogP contribution in [-0.2, 0) is 0 Å². The summed E-state index contributed by atoms with van der Waals surface area (Å²) in [5.74, 6) is 0.926. The Balaban J connectivity index is 1.51. The van der Waals surface area contributed by atoms with Crippen molar-refractivity contribution in [1.82, 2.24) is 4.57 Å². The van der Waals surface area contributed by atoms with E-state index in [9.17, 15) is 0 Å². The van der Waals surface area contributed by atoms with Crippen molar-refractivity contribution < 1.29 is 4.42 Å². The van der Waals surface area contributed by atoms with Gasteiger partial charge in [0, 0.05) is 44.2 Å². The first-order valence-corrected chi connectivity index (χ1v) is 12.9. The summed E-state index contributed by atoms with van der Waals surface area (Å²) in [5, 5.41) is 3.79. The summed E-state index contributed by atoms with van der Waals surface area (Å²) in [7, 11) is 0. The highest BCUT2D eigenvalue weighted by molar-refractivity contribution is 6.97. The fourth-order valence-corrected chi connectivity index (χ4v) is 6.82. The average molecular weight is 472 g/mol. The molecule has 0 N–H and O–H groups in total. The minimum absolute atomic E-state index is 0.0862. The molecule has 2 aromatic heterocycles. The molecule has 0 unspecified atom stereocenters. The molecule has 3 nitrogen and oxygen atoms in total. The lowest BCUT2D eigenvalue weighted by atomic mass is 9.33. The van der Waals surface area contributed by atoms with Gasteiger partial charge in [0.1, 0.15) is 5.58 Å². The van der Waals surface area contributed by atoms with Crippen LogP contribution in [0.3, 0.4) is 0 Å². The number of furan rings is 1. The first kappa shape index (κ1) is 19.5. The molecule has 1 aliphatic carbocycles. The van der Waals surface area contributed by atoms with Crippen molar-refractivity contribution in [2.24, 2.45) is 0 Å². The largest absolute Gasteiger partial charge is 0.440 e. The van der Waals surface area contributed by atoms with Gasteiger partial charge in [-0.05, 0) is 47.7 Å². The minimum Gasteiger partial charge on any atom is -0.440 e. The van der Waals surface area contributed by atoms with Crippen LogP contribution in [0, 0.1) is 0 Å². The van der Waals surface area contributed by atoms with Crippen molar-refractivity contribution in [3.8, 4) is 0 Å². The lowest BCUT2D eigenvalue weighted by molar-refractivity contribution is 0.618. The molecule has 6 aromatic rings. The number of fused-ring (bicyclic) bond motifs is 9. The molecular formula is C33H21BN2O. The summed E-state index contributed by atoms with van der Waals surface area (Å²) in [5.41, 5.74) is 11.0. The van der Waals surface area contributed by atoms with E-state index in [0.29, 0.717) is 0 Å². The van der Waals surface area contributed by atoms with Crippen molar-refractivity contribution in [2.45, 2.75) is 6.42 Å². The van der Waals surface area contributed by atoms with E-state index in [1.54, 1.807) is 0 Å². The zero-order chi connectivity index (χ0) is 24.1. The number of anilines is 2. The monoisotopic (exact) mass is 472 g/mol. The Bertz CT molecular complexity index is 2020. The van der Waals surface area contributed by atoms with Gasteiger partial charge in [0.05, 0.1) is 5.52 Å². The van der Waals surface area contributed by atoms with Gasteiger partial charge in [0.15, 0.2) is 0 Å². The molecule has 9 rings (SSSR count). The van der Waals surface area contributed by atoms with Crippen LogP contribution in [0.1, 0.15) is 6.42 Å². The van der Waals surface area contributed by atoms with Gasteiger partial charge >= 0.3 is 0 Å². The Labute approximate surface area is 214 Å². The Morgan fingerprint density at radius 1 is 0.730 bits per heavy atom. The maximum absolute atomic E-state index is 6.72. The van der Waals surface area contributed by atoms with Crippen LogP contribution in [0.2, 0.25) is 0 Å². The molecule has 172 valence electrons. The lowest BCUT2D eigenvalue weighted by Gasteiger charge is -2.39. The lowest BCUT2D eigenvalue weighted by Crippen LogP contribution is -2.53. The Morgan fingerprint density at radius 2 is 1.51 bits per heavy atom. The number of hydrogen-bond donors (Lipinski definition) is 0. The number of nitrogens with zero attached hydrogens (tertiary/aromatic N) is 2. The maximum Gasteiger partial charge on any atom is 0.257 e. The number of para-hydroxylation sites is 4. The van der Waals surface area contributed by atoms with Crippen LogP contribution in [0.5, 0.6) is 0 Å². The highest BCUT2D eigenvalue weighted by Crippen LogP contribution is 2.46. The third kappa shape index (κ3) is 2.38. The molecule has 0 bridgehead atoms. The van der Waals surface area contributed by atoms with E-state index < -0.39 is 0 Å². The number of rotatable bonds is 1. The van der Waals surface area contributed by atoms with Gasteiger partial charge in [-0.3, -0.25) is 4.90 Å². The average Bonchev–Trinajstić information content (AvgIpc) is 3.41. The van der Waals surface area contributed by atoms with Crippen LogP contribution in [0.15, 0.2) is 131 Å². The van der Waals surface area contributed by atoms with Gasteiger partial charge in [-0.15, -0.1) is 0 Å². The molecule has 2 aliphatic heterocycles. The van der Waals surface area contributed by atoms with Crippen LogP contribution >= 0.6 is 0 Å². The van der Waals surface area contributed by atoms with E-state index in [4.69, 9.17) is 4.42 Å². The highest BCUT2D eigenvalue weighted by Gasteiger charge is 2.46. The predicted molar refractivity (Wildman–Crippen MR) is 154 cm³/mol. The molecule has 3 aliphatic rings. The van der Waals surface area contributed by atoms with Gasteiger partial charge in [0.25, 0.3) is 6.71 Å². The molecule has 4 heterocycles. The number of allylic oxidation sites excluding steroid dienone is 5. The Hall–Kier alpha value is -4.70. The summed E-state index contributed by atoms with van der Waals surface area (Å²) < 4.78 is 9.21. The van der Waals surface area contributed by atoms with Gasteiger partial charge in [-0.25, -0.2) is 0 Å². The van der Waals surface area contributed by atoms with Crippen molar-refractivity contribution in [2.75, 3.05) is 4.90 Å². The molecule has 0 atom stereocenters. The van der Waals surface area contributed by atoms with Crippen LogP contribution in [0.25, 0.3) is 38.5 Å². The summed E-state index contributed by atoms with van der Waals surface area (Å²) >= 11 is 0. The fourth-order valence-electron chi connectivity index (χ4n) is 6.82. The standard InChI is InChI=1S/C33H21BN2O/c1-2-11-21(12-3-1)35-27-18-7-8-19-28-31(27)34(30-24-14-5-9-20-29(24)37-33(30)35)25-16-10-15-23-22-13-4-6-17-26(22)36(28)32(23)25/h1-6,8-20H,7H2. The molecule has 4 heteroatoms. The predicted octanol–water partition coefficient (Wildman–Crippen LogP) is 6.91. The van der Waals surface area contributed by atoms with Gasteiger partial charge in [0.2, 0.25) is 5.88 Å². The number of benzene rings is 4. The summed E-state index contributed by atoms with van der Waals surface area (Å²) in [6.07, 6.45) is 7.87. The van der Waals surface area contributed by atoms with E-state index in [-0.39, 0.29) is 6.71 Å². The van der Waals surface area contributed by atoms with E-state index in [1.807, 2.05) is 0 Å². The van der Waals surface area contributed by atoms with Gasteiger partial charge < -0.3 is 8.98 Å². The number of aromatic nitrogens is 1. The van der Waals surface area contributed by atoms with Gasteiger partial charge in [-0.2, -0.15) is 0 Å². The van der Waals surface area contributed by atoms with E-state index in [0.717, 1.165) is 23.6 Å². The first-order valence-electron chi connectivity index (χ1n) is 12.9. The van der Waals surface area contributed by atoms with Gasteiger partial charge in [-0.1, -0.05) is 84.9 Å². The molecule has 0 saturated carbocycles. The molecular weight excluding hydrogens is 451 g/mol. The third-order valence-electron chi connectivity index (χ3n) is 8.20. The molecule has 0 amide bonds. The Kier molecular flexibility index (Phi) is 3.66. The van der Waals surface area contributed by atoms with Crippen molar-refractivity contribution in [1.29, 1.82) is 0 Å². The normalized spacial score (nSPS) is 15.8. The van der Waals surface area contributed by atoms with Crippen molar-refractivity contribution >= 4 is 67.7 Å².